The van der Waals surface area contributed by atoms with Crippen LogP contribution in [0.25, 0.3) is 0 Å². The number of anilines is 1. The fourth-order valence-electron chi connectivity index (χ4n) is 3.58. The summed E-state index contributed by atoms with van der Waals surface area (Å²) in [6.07, 6.45) is 1.21. The van der Waals surface area contributed by atoms with Crippen LogP contribution in [0.1, 0.15) is 30.9 Å². The van der Waals surface area contributed by atoms with E-state index in [1.807, 2.05) is 0 Å². The Morgan fingerprint density at radius 2 is 1.36 bits per heavy atom. The lowest BCUT2D eigenvalue weighted by Crippen LogP contribution is -2.43. The monoisotopic (exact) mass is 533 g/mol. The van der Waals surface area contributed by atoms with Crippen LogP contribution in [0, 0.1) is 13.8 Å². The summed E-state index contributed by atoms with van der Waals surface area (Å²) in [6, 6.07) is 6.56. The van der Waals surface area contributed by atoms with Crippen molar-refractivity contribution in [2.45, 2.75) is 33.6 Å². The summed E-state index contributed by atoms with van der Waals surface area (Å²) >= 11 is 0. The number of aryl methyl sites for hydroxylation is 2. The Morgan fingerprint density at radius 3 is 1.89 bits per heavy atom. The van der Waals surface area contributed by atoms with Crippen LogP contribution < -0.4 is 4.90 Å². The standard InChI is InChI=1S/C26H48N2O7S/c1-6-27(26-10-9-24(2)25(3)23-26)11-14-32-16-18-34-20-21-35-19-17-33-15-13-28(4,5)12-7-8-22-36(29,30)31/h9-10,23H,6-8,11-22H2,1-5H3/p+1. The average molecular weight is 534 g/mol. The summed E-state index contributed by atoms with van der Waals surface area (Å²) in [5.74, 6) is -0.177. The fourth-order valence-corrected chi connectivity index (χ4v) is 4.15. The zero-order chi connectivity index (χ0) is 26.9. The Bertz CT molecular complexity index is 819. The Hall–Kier alpha value is -1.27. The molecule has 1 N–H and O–H groups in total. The SMILES string of the molecule is CCN(CCOCCOCCOCCOCC[N+](C)(C)CCCCS(=O)(=O)O)c1ccc(C)c(C)c1. The molecule has 0 saturated carbocycles. The van der Waals surface area contributed by atoms with Crippen LogP contribution in [-0.2, 0) is 29.1 Å². The van der Waals surface area contributed by atoms with Gasteiger partial charge in [-0.15, -0.1) is 0 Å². The average Bonchev–Trinajstić information content (AvgIpc) is 2.81. The normalized spacial score (nSPS) is 12.3. The molecule has 0 amide bonds. The second-order valence-corrected chi connectivity index (χ2v) is 11.2. The lowest BCUT2D eigenvalue weighted by molar-refractivity contribution is -0.890. The number of rotatable bonds is 22. The van der Waals surface area contributed by atoms with Crippen molar-refractivity contribution < 1.29 is 36.4 Å². The molecule has 0 heterocycles. The lowest BCUT2D eigenvalue weighted by Gasteiger charge is -2.29. The summed E-state index contributed by atoms with van der Waals surface area (Å²) in [5, 5.41) is 0. The van der Waals surface area contributed by atoms with Gasteiger partial charge in [-0.1, -0.05) is 6.07 Å². The van der Waals surface area contributed by atoms with Gasteiger partial charge >= 0.3 is 0 Å². The predicted octanol–water partition coefficient (Wildman–Crippen LogP) is 2.94. The summed E-state index contributed by atoms with van der Waals surface area (Å²) < 4.78 is 53.5. The second-order valence-electron chi connectivity index (χ2n) is 9.67. The molecule has 0 bridgehead atoms. The highest BCUT2D eigenvalue weighted by molar-refractivity contribution is 7.85. The van der Waals surface area contributed by atoms with Gasteiger partial charge in [-0.2, -0.15) is 8.42 Å². The molecule has 0 atom stereocenters. The molecular weight excluding hydrogens is 484 g/mol. The first kappa shape index (κ1) is 32.8. The molecule has 1 aromatic rings. The Labute approximate surface area is 219 Å². The van der Waals surface area contributed by atoms with E-state index >= 15 is 0 Å². The minimum Gasteiger partial charge on any atom is -0.377 e. The molecule has 0 radical (unpaired) electrons. The molecule has 9 nitrogen and oxygen atoms in total. The van der Waals surface area contributed by atoms with Gasteiger partial charge in [0.25, 0.3) is 10.1 Å². The van der Waals surface area contributed by atoms with Gasteiger partial charge in [0.1, 0.15) is 6.54 Å². The molecule has 10 heteroatoms. The van der Waals surface area contributed by atoms with Crippen molar-refractivity contribution in [3.8, 4) is 0 Å². The van der Waals surface area contributed by atoms with Crippen molar-refractivity contribution in [2.24, 2.45) is 0 Å². The molecule has 0 aliphatic rings. The van der Waals surface area contributed by atoms with E-state index in [0.29, 0.717) is 59.3 Å². The van der Waals surface area contributed by atoms with Crippen LogP contribution in [0.15, 0.2) is 18.2 Å². The molecule has 0 aliphatic carbocycles. The number of unbranched alkanes of at least 4 members (excludes halogenated alkanes) is 1. The number of hydrogen-bond acceptors (Lipinski definition) is 7. The number of nitrogens with zero attached hydrogens (tertiary/aromatic N) is 2. The maximum atomic E-state index is 10.8. The van der Waals surface area contributed by atoms with Gasteiger partial charge in [-0.3, -0.25) is 4.55 Å². The van der Waals surface area contributed by atoms with Crippen LogP contribution in [-0.4, -0.2) is 116 Å². The van der Waals surface area contributed by atoms with E-state index in [4.69, 9.17) is 23.5 Å². The number of likely N-dealkylation sites (N-methyl/N-ethyl adjacent to an activating group) is 2. The zero-order valence-electron chi connectivity index (χ0n) is 23.0. The van der Waals surface area contributed by atoms with Crippen LogP contribution in [0.3, 0.4) is 0 Å². The lowest BCUT2D eigenvalue weighted by atomic mass is 10.1. The van der Waals surface area contributed by atoms with Crippen LogP contribution in [0.4, 0.5) is 5.69 Å². The van der Waals surface area contributed by atoms with E-state index in [-0.39, 0.29) is 5.75 Å². The molecule has 0 aromatic heterocycles. The summed E-state index contributed by atoms with van der Waals surface area (Å²) in [6.45, 7) is 14.4. The highest BCUT2D eigenvalue weighted by atomic mass is 32.2. The molecule has 0 unspecified atom stereocenters. The van der Waals surface area contributed by atoms with E-state index in [0.717, 1.165) is 37.1 Å². The Kier molecular flexibility index (Phi) is 16.4. The Morgan fingerprint density at radius 1 is 0.806 bits per heavy atom. The maximum absolute atomic E-state index is 10.8. The van der Waals surface area contributed by atoms with Gasteiger partial charge in [0, 0.05) is 18.8 Å². The second kappa shape index (κ2) is 18.1. The minimum atomic E-state index is -3.86. The largest absolute Gasteiger partial charge is 0.377 e. The van der Waals surface area contributed by atoms with Crippen molar-refractivity contribution in [2.75, 3.05) is 104 Å². The fraction of sp³-hybridized carbons (Fsp3) is 0.769. The molecule has 210 valence electrons. The van der Waals surface area contributed by atoms with Crippen molar-refractivity contribution in [3.05, 3.63) is 29.3 Å². The van der Waals surface area contributed by atoms with E-state index < -0.39 is 10.1 Å². The number of ether oxygens (including phenoxy) is 4. The summed E-state index contributed by atoms with van der Waals surface area (Å²) in [5.41, 5.74) is 3.85. The van der Waals surface area contributed by atoms with Gasteiger partial charge in [0.15, 0.2) is 0 Å². The van der Waals surface area contributed by atoms with Gasteiger partial charge in [-0.25, -0.2) is 0 Å². The van der Waals surface area contributed by atoms with Crippen molar-refractivity contribution in [3.63, 3.8) is 0 Å². The highest BCUT2D eigenvalue weighted by Gasteiger charge is 2.15. The van der Waals surface area contributed by atoms with E-state index in [9.17, 15) is 8.42 Å². The third-order valence-electron chi connectivity index (χ3n) is 6.12. The molecular formula is C26H49N2O7S+. The van der Waals surface area contributed by atoms with Gasteiger partial charge in [-0.05, 0) is 56.9 Å². The number of benzene rings is 1. The maximum Gasteiger partial charge on any atom is 0.264 e. The molecule has 0 aliphatic heterocycles. The summed E-state index contributed by atoms with van der Waals surface area (Å²) in [4.78, 5) is 2.32. The Balaban J connectivity index is 1.93. The summed E-state index contributed by atoms with van der Waals surface area (Å²) in [7, 11) is 0.304. The van der Waals surface area contributed by atoms with Gasteiger partial charge < -0.3 is 28.3 Å². The van der Waals surface area contributed by atoms with Crippen molar-refractivity contribution in [1.29, 1.82) is 0 Å². The molecule has 1 rings (SSSR count). The number of hydrogen-bond donors (Lipinski definition) is 1. The smallest absolute Gasteiger partial charge is 0.264 e. The minimum absolute atomic E-state index is 0.177. The quantitative estimate of drug-likeness (QED) is 0.138. The molecule has 0 fully saturated rings. The van der Waals surface area contributed by atoms with Crippen molar-refractivity contribution >= 4 is 15.8 Å². The van der Waals surface area contributed by atoms with Crippen molar-refractivity contribution in [1.82, 2.24) is 0 Å². The van der Waals surface area contributed by atoms with E-state index in [1.165, 1.54) is 16.8 Å². The van der Waals surface area contributed by atoms with Crippen LogP contribution in [0.2, 0.25) is 0 Å². The predicted molar refractivity (Wildman–Crippen MR) is 145 cm³/mol. The molecule has 0 saturated heterocycles. The van der Waals surface area contributed by atoms with Crippen LogP contribution in [0.5, 0.6) is 0 Å². The molecule has 1 aromatic carbocycles. The first-order chi connectivity index (χ1) is 17.0. The topological polar surface area (TPSA) is 94.5 Å². The zero-order valence-corrected chi connectivity index (χ0v) is 23.9. The molecule has 36 heavy (non-hydrogen) atoms. The van der Waals surface area contributed by atoms with Crippen LogP contribution >= 0.6 is 0 Å². The first-order valence-corrected chi connectivity index (χ1v) is 14.6. The van der Waals surface area contributed by atoms with Gasteiger partial charge in [0.05, 0.1) is 79.2 Å². The molecule has 0 spiro atoms. The van der Waals surface area contributed by atoms with E-state index in [2.05, 4.69) is 58.0 Å². The first-order valence-electron chi connectivity index (χ1n) is 12.9. The van der Waals surface area contributed by atoms with E-state index in [1.54, 1.807) is 0 Å². The highest BCUT2D eigenvalue weighted by Crippen LogP contribution is 2.18. The van der Waals surface area contributed by atoms with Gasteiger partial charge in [0.2, 0.25) is 0 Å². The third-order valence-corrected chi connectivity index (χ3v) is 6.92. The number of quaternary nitrogens is 1. The third kappa shape index (κ3) is 16.5.